The Hall–Kier alpha value is -3.47. The molecule has 1 N–H and O–H groups in total. The maximum Gasteiger partial charge on any atom is 0.453 e. The monoisotopic (exact) mass is 405 g/mol. The summed E-state index contributed by atoms with van der Waals surface area (Å²) in [5, 5.41) is 16.6. The molecule has 0 unspecified atom stereocenters. The molecule has 28 heavy (non-hydrogen) atoms. The van der Waals surface area contributed by atoms with Crippen LogP contribution in [0.25, 0.3) is 5.65 Å². The molecule has 0 radical (unpaired) electrons. The molecule has 0 saturated carbocycles. The molecule has 3 aromatic heterocycles. The van der Waals surface area contributed by atoms with Crippen LogP contribution in [0, 0.1) is 0 Å². The molecule has 0 aliphatic heterocycles. The molecule has 1 amide bonds. The lowest BCUT2D eigenvalue weighted by Crippen LogP contribution is -2.12. The smallest absolute Gasteiger partial charge is 0.438 e. The van der Waals surface area contributed by atoms with E-state index < -0.39 is 12.0 Å². The van der Waals surface area contributed by atoms with Gasteiger partial charge in [0.2, 0.25) is 5.88 Å². The molecule has 0 aliphatic carbocycles. The van der Waals surface area contributed by atoms with Crippen molar-refractivity contribution in [3.05, 3.63) is 64.6 Å². The Morgan fingerprint density at radius 3 is 2.54 bits per heavy atom. The zero-order chi connectivity index (χ0) is 19.7. The highest BCUT2D eigenvalue weighted by Crippen LogP contribution is 2.28. The minimum atomic E-state index is -4.69. The summed E-state index contributed by atoms with van der Waals surface area (Å²) in [6.07, 6.45) is -4.69. The molecule has 0 fully saturated rings. The van der Waals surface area contributed by atoms with Gasteiger partial charge in [-0.15, -0.1) is 15.3 Å². The van der Waals surface area contributed by atoms with Crippen LogP contribution in [0.15, 0.2) is 53.2 Å². The first-order valence-corrected chi connectivity index (χ1v) is 8.75. The number of ether oxygens (including phenoxy) is 1. The number of amides is 1. The minimum Gasteiger partial charge on any atom is -0.438 e. The maximum atomic E-state index is 12.9. The Kier molecular flexibility index (Phi) is 4.43. The van der Waals surface area contributed by atoms with Gasteiger partial charge in [-0.2, -0.15) is 29.0 Å². The van der Waals surface area contributed by atoms with Crippen molar-refractivity contribution in [3.63, 3.8) is 0 Å². The summed E-state index contributed by atoms with van der Waals surface area (Å²) in [6, 6.07) is 10.8. The third-order valence-electron chi connectivity index (χ3n) is 3.61. The zero-order valence-corrected chi connectivity index (χ0v) is 14.7. The van der Waals surface area contributed by atoms with E-state index in [1.807, 2.05) is 0 Å². The lowest BCUT2D eigenvalue weighted by atomic mass is 10.2. The van der Waals surface area contributed by atoms with Crippen LogP contribution in [-0.2, 0) is 6.18 Å². The van der Waals surface area contributed by atoms with Gasteiger partial charge >= 0.3 is 6.18 Å². The van der Waals surface area contributed by atoms with Crippen LogP contribution in [0.4, 0.5) is 18.9 Å². The van der Waals surface area contributed by atoms with Gasteiger partial charge < -0.3 is 10.1 Å². The number of alkyl halides is 3. The Balaban J connectivity index is 1.50. The third kappa shape index (κ3) is 3.64. The van der Waals surface area contributed by atoms with Crippen LogP contribution in [0.1, 0.15) is 16.2 Å². The second-order valence-corrected chi connectivity index (χ2v) is 6.34. The molecule has 3 heterocycles. The first-order valence-electron chi connectivity index (χ1n) is 7.81. The summed E-state index contributed by atoms with van der Waals surface area (Å²) in [4.78, 5) is 12.0. The highest BCUT2D eigenvalue weighted by atomic mass is 32.1. The number of benzene rings is 1. The molecule has 4 rings (SSSR count). The van der Waals surface area contributed by atoms with E-state index >= 15 is 0 Å². The summed E-state index contributed by atoms with van der Waals surface area (Å²) < 4.78 is 44.8. The fraction of sp³-hybridized carbons (Fsp3) is 0.0588. The van der Waals surface area contributed by atoms with Crippen molar-refractivity contribution < 1.29 is 22.7 Å². The fourth-order valence-corrected chi connectivity index (χ4v) is 2.96. The molecule has 4 aromatic rings. The van der Waals surface area contributed by atoms with E-state index in [9.17, 15) is 18.0 Å². The van der Waals surface area contributed by atoms with Crippen molar-refractivity contribution in [3.8, 4) is 11.6 Å². The van der Waals surface area contributed by atoms with Gasteiger partial charge in [0.1, 0.15) is 5.75 Å². The Labute approximate surface area is 159 Å². The van der Waals surface area contributed by atoms with Crippen LogP contribution in [0.5, 0.6) is 11.6 Å². The highest BCUT2D eigenvalue weighted by molar-refractivity contribution is 7.08. The predicted octanol–water partition coefficient (Wildman–Crippen LogP) is 4.25. The molecule has 7 nitrogen and oxygen atoms in total. The molecule has 0 aliphatic rings. The number of anilines is 1. The Bertz CT molecular complexity index is 1120. The lowest BCUT2D eigenvalue weighted by Gasteiger charge is -2.08. The molecular weight excluding hydrogens is 395 g/mol. The number of thiophene rings is 1. The summed E-state index contributed by atoms with van der Waals surface area (Å²) in [7, 11) is 0. The van der Waals surface area contributed by atoms with Crippen molar-refractivity contribution in [1.29, 1.82) is 0 Å². The SMILES string of the molecule is O=C(Nc1ccc(Oc2ccc3nnc(C(F)(F)F)n3n2)cc1)c1ccsc1. The van der Waals surface area contributed by atoms with Crippen LogP contribution in [0.2, 0.25) is 0 Å². The van der Waals surface area contributed by atoms with Gasteiger partial charge in [-0.1, -0.05) is 0 Å². The molecular formula is C17H10F3N5O2S. The molecule has 142 valence electrons. The normalized spacial score (nSPS) is 11.5. The van der Waals surface area contributed by atoms with Crippen molar-refractivity contribution in [2.75, 3.05) is 5.32 Å². The van der Waals surface area contributed by atoms with Gasteiger partial charge in [0.15, 0.2) is 5.65 Å². The number of rotatable bonds is 4. The maximum absolute atomic E-state index is 12.9. The first-order chi connectivity index (χ1) is 13.4. The molecule has 0 saturated heterocycles. The average Bonchev–Trinajstić information content (AvgIpc) is 3.32. The Morgan fingerprint density at radius 1 is 1.07 bits per heavy atom. The van der Waals surface area contributed by atoms with Crippen LogP contribution >= 0.6 is 11.3 Å². The molecule has 0 bridgehead atoms. The van der Waals surface area contributed by atoms with Crippen LogP contribution in [0.3, 0.4) is 0 Å². The summed E-state index contributed by atoms with van der Waals surface area (Å²) in [5.41, 5.74) is 1.05. The summed E-state index contributed by atoms with van der Waals surface area (Å²) in [5.74, 6) is -1.20. The van der Waals surface area contributed by atoms with Crippen molar-refractivity contribution >= 4 is 28.6 Å². The van der Waals surface area contributed by atoms with E-state index in [0.717, 1.165) is 0 Å². The minimum absolute atomic E-state index is 0.0498. The number of carbonyl (C=O) groups excluding carboxylic acids is 1. The zero-order valence-electron chi connectivity index (χ0n) is 13.8. The molecule has 11 heteroatoms. The largest absolute Gasteiger partial charge is 0.453 e. The second-order valence-electron chi connectivity index (χ2n) is 5.56. The summed E-state index contributed by atoms with van der Waals surface area (Å²) in [6.45, 7) is 0. The van der Waals surface area contributed by atoms with Gasteiger partial charge in [0.05, 0.1) is 5.56 Å². The average molecular weight is 405 g/mol. The number of aromatic nitrogens is 4. The third-order valence-corrected chi connectivity index (χ3v) is 4.29. The number of fused-ring (bicyclic) bond motifs is 1. The van der Waals surface area contributed by atoms with E-state index in [-0.39, 0.29) is 17.4 Å². The lowest BCUT2D eigenvalue weighted by molar-refractivity contribution is -0.146. The topological polar surface area (TPSA) is 81.4 Å². The molecule has 1 aromatic carbocycles. The standard InChI is InChI=1S/C17H10F3N5O2S/c18-17(19,20)16-23-22-13-5-6-14(24-25(13)16)27-12-3-1-11(2-4-12)21-15(26)10-7-8-28-9-10/h1-9H,(H,21,26). The highest BCUT2D eigenvalue weighted by Gasteiger charge is 2.37. The van der Waals surface area contributed by atoms with E-state index in [1.54, 1.807) is 41.1 Å². The number of halogens is 3. The van der Waals surface area contributed by atoms with E-state index in [4.69, 9.17) is 4.74 Å². The molecule has 0 spiro atoms. The van der Waals surface area contributed by atoms with E-state index in [2.05, 4.69) is 20.6 Å². The number of nitrogens with one attached hydrogen (secondary N) is 1. The summed E-state index contributed by atoms with van der Waals surface area (Å²) >= 11 is 1.42. The van der Waals surface area contributed by atoms with Crippen molar-refractivity contribution in [2.24, 2.45) is 0 Å². The van der Waals surface area contributed by atoms with Gasteiger partial charge in [0, 0.05) is 17.1 Å². The number of hydrogen-bond acceptors (Lipinski definition) is 6. The van der Waals surface area contributed by atoms with Gasteiger partial charge in [0.25, 0.3) is 11.7 Å². The van der Waals surface area contributed by atoms with Crippen molar-refractivity contribution in [1.82, 2.24) is 19.8 Å². The van der Waals surface area contributed by atoms with Gasteiger partial charge in [-0.05, 0) is 41.8 Å². The Morgan fingerprint density at radius 2 is 1.86 bits per heavy atom. The second kappa shape index (κ2) is 6.93. The quantitative estimate of drug-likeness (QED) is 0.549. The van der Waals surface area contributed by atoms with Crippen molar-refractivity contribution in [2.45, 2.75) is 6.18 Å². The first kappa shape index (κ1) is 17.9. The number of nitrogens with zero attached hydrogens (tertiary/aromatic N) is 4. The van der Waals surface area contributed by atoms with Crippen LogP contribution in [-0.4, -0.2) is 25.7 Å². The fourth-order valence-electron chi connectivity index (χ4n) is 2.33. The predicted molar refractivity (Wildman–Crippen MR) is 94.6 cm³/mol. The number of hydrogen-bond donors (Lipinski definition) is 1. The van der Waals surface area contributed by atoms with E-state index in [0.29, 0.717) is 21.5 Å². The van der Waals surface area contributed by atoms with Gasteiger partial charge in [-0.3, -0.25) is 4.79 Å². The van der Waals surface area contributed by atoms with Crippen LogP contribution < -0.4 is 10.1 Å². The van der Waals surface area contributed by atoms with E-state index in [1.165, 1.54) is 23.5 Å². The molecule has 0 atom stereocenters. The number of carbonyl (C=O) groups is 1. The van der Waals surface area contributed by atoms with Gasteiger partial charge in [-0.25, -0.2) is 0 Å².